The first-order valence-corrected chi connectivity index (χ1v) is 6.27. The van der Waals surface area contributed by atoms with E-state index in [2.05, 4.69) is 5.32 Å². The Bertz CT molecular complexity index is 534. The topological polar surface area (TPSA) is 72.5 Å². The Kier molecular flexibility index (Phi) is 6.16. The number of anilines is 1. The molecule has 0 aliphatic rings. The molecule has 0 saturated carbocycles. The zero-order valence-electron chi connectivity index (χ0n) is 11.5. The van der Waals surface area contributed by atoms with Crippen molar-refractivity contribution < 1.29 is 19.1 Å². The molecule has 20 heavy (non-hydrogen) atoms. The summed E-state index contributed by atoms with van der Waals surface area (Å²) in [6.45, 7) is 2.97. The Balaban J connectivity index is 2.50. The van der Waals surface area contributed by atoms with Crippen LogP contribution >= 0.6 is 0 Å². The van der Waals surface area contributed by atoms with E-state index < -0.39 is 11.9 Å². The number of allylic oxidation sites excluding steroid dienone is 1. The molecule has 0 aliphatic heterocycles. The van der Waals surface area contributed by atoms with Crippen molar-refractivity contribution in [1.82, 2.24) is 0 Å². The van der Waals surface area contributed by atoms with Gasteiger partial charge in [0.2, 0.25) is 0 Å². The molecular formula is C15H17NO4. The Morgan fingerprint density at radius 3 is 2.70 bits per heavy atom. The van der Waals surface area contributed by atoms with Crippen LogP contribution in [0.5, 0.6) is 0 Å². The summed E-state index contributed by atoms with van der Waals surface area (Å²) in [6.07, 6.45) is 3.65. The zero-order valence-corrected chi connectivity index (χ0v) is 11.5. The van der Waals surface area contributed by atoms with Crippen molar-refractivity contribution in [3.8, 4) is 0 Å². The number of carbonyl (C=O) groups excluding carboxylic acids is 3. The lowest BCUT2D eigenvalue weighted by Crippen LogP contribution is -2.20. The first-order valence-electron chi connectivity index (χ1n) is 6.27. The van der Waals surface area contributed by atoms with Crippen molar-refractivity contribution in [3.63, 3.8) is 0 Å². The summed E-state index contributed by atoms with van der Waals surface area (Å²) in [5.41, 5.74) is 0.994. The van der Waals surface area contributed by atoms with E-state index in [9.17, 15) is 14.4 Å². The SMILES string of the molecule is CC/C=C/C(=O)OCC(=O)Nc1cccc(C(C)=O)c1. The number of Topliss-reactive ketones (excluding diaryl/α,β-unsaturated/α-hetero) is 1. The molecule has 0 bridgehead atoms. The Morgan fingerprint density at radius 2 is 2.05 bits per heavy atom. The molecule has 0 heterocycles. The largest absolute Gasteiger partial charge is 0.452 e. The van der Waals surface area contributed by atoms with Crippen molar-refractivity contribution in [2.45, 2.75) is 20.3 Å². The van der Waals surface area contributed by atoms with Gasteiger partial charge < -0.3 is 10.1 Å². The molecule has 1 aromatic carbocycles. The maximum atomic E-state index is 11.6. The van der Waals surface area contributed by atoms with Crippen LogP contribution in [-0.2, 0) is 14.3 Å². The van der Waals surface area contributed by atoms with E-state index in [0.29, 0.717) is 11.3 Å². The zero-order chi connectivity index (χ0) is 15.0. The monoisotopic (exact) mass is 275 g/mol. The maximum absolute atomic E-state index is 11.6. The van der Waals surface area contributed by atoms with Gasteiger partial charge in [0, 0.05) is 17.3 Å². The summed E-state index contributed by atoms with van der Waals surface area (Å²) in [5, 5.41) is 2.56. The molecule has 0 saturated heterocycles. The number of hydrogen-bond donors (Lipinski definition) is 1. The highest BCUT2D eigenvalue weighted by molar-refractivity contribution is 5.97. The van der Waals surface area contributed by atoms with Crippen molar-refractivity contribution in [1.29, 1.82) is 0 Å². The quantitative estimate of drug-likeness (QED) is 0.491. The fraction of sp³-hybridized carbons (Fsp3) is 0.267. The van der Waals surface area contributed by atoms with Crippen LogP contribution in [0.3, 0.4) is 0 Å². The minimum absolute atomic E-state index is 0.0859. The number of nitrogens with one attached hydrogen (secondary N) is 1. The second-order valence-electron chi connectivity index (χ2n) is 4.10. The van der Waals surface area contributed by atoms with Gasteiger partial charge in [0.15, 0.2) is 12.4 Å². The second kappa shape index (κ2) is 7.89. The standard InChI is InChI=1S/C15H17NO4/c1-3-4-8-15(19)20-10-14(18)16-13-7-5-6-12(9-13)11(2)17/h4-9H,3,10H2,1-2H3,(H,16,18)/b8-4+. The minimum Gasteiger partial charge on any atom is -0.452 e. The third-order valence-corrected chi connectivity index (χ3v) is 2.39. The van der Waals surface area contributed by atoms with Gasteiger partial charge in [-0.05, 0) is 25.5 Å². The molecule has 106 valence electrons. The molecule has 0 aliphatic carbocycles. The van der Waals surface area contributed by atoms with Gasteiger partial charge in [0.05, 0.1) is 0 Å². The number of ketones is 1. The predicted octanol–water partition coefficient (Wildman–Crippen LogP) is 2.34. The number of ether oxygens (including phenoxy) is 1. The summed E-state index contributed by atoms with van der Waals surface area (Å²) in [6, 6.07) is 6.55. The first-order chi connectivity index (χ1) is 9.52. The third kappa shape index (κ3) is 5.48. The number of benzene rings is 1. The molecule has 1 rings (SSSR count). The van der Waals surface area contributed by atoms with Gasteiger partial charge in [0.1, 0.15) is 0 Å². The van der Waals surface area contributed by atoms with Crippen LogP contribution in [0.1, 0.15) is 30.6 Å². The van der Waals surface area contributed by atoms with E-state index in [1.807, 2.05) is 6.92 Å². The van der Waals surface area contributed by atoms with Crippen molar-refractivity contribution in [3.05, 3.63) is 42.0 Å². The van der Waals surface area contributed by atoms with E-state index in [1.54, 1.807) is 30.3 Å². The summed E-state index contributed by atoms with van der Waals surface area (Å²) in [4.78, 5) is 34.0. The van der Waals surface area contributed by atoms with Gasteiger partial charge in [-0.1, -0.05) is 25.1 Å². The first kappa shape index (κ1) is 15.6. The Morgan fingerprint density at radius 1 is 1.30 bits per heavy atom. The van der Waals surface area contributed by atoms with E-state index in [0.717, 1.165) is 6.42 Å². The van der Waals surface area contributed by atoms with E-state index in [-0.39, 0.29) is 12.4 Å². The summed E-state index contributed by atoms with van der Waals surface area (Å²) >= 11 is 0. The Labute approximate surface area is 117 Å². The molecule has 1 aromatic rings. The van der Waals surface area contributed by atoms with Gasteiger partial charge in [-0.15, -0.1) is 0 Å². The fourth-order valence-electron chi connectivity index (χ4n) is 1.41. The molecule has 0 radical (unpaired) electrons. The number of rotatable bonds is 6. The number of amides is 1. The van der Waals surface area contributed by atoms with Crippen LogP contribution in [0.25, 0.3) is 0 Å². The highest BCUT2D eigenvalue weighted by atomic mass is 16.5. The Hall–Kier alpha value is -2.43. The lowest BCUT2D eigenvalue weighted by molar-refractivity contribution is -0.142. The van der Waals surface area contributed by atoms with Gasteiger partial charge >= 0.3 is 5.97 Å². The molecule has 1 N–H and O–H groups in total. The number of hydrogen-bond acceptors (Lipinski definition) is 4. The van der Waals surface area contributed by atoms with Crippen LogP contribution in [0, 0.1) is 0 Å². The number of esters is 1. The summed E-state index contributed by atoms with van der Waals surface area (Å²) in [5.74, 6) is -1.10. The molecule has 1 amide bonds. The van der Waals surface area contributed by atoms with Crippen LogP contribution in [0.2, 0.25) is 0 Å². The highest BCUT2D eigenvalue weighted by Crippen LogP contribution is 2.11. The predicted molar refractivity (Wildman–Crippen MR) is 75.5 cm³/mol. The lowest BCUT2D eigenvalue weighted by Gasteiger charge is -2.06. The van der Waals surface area contributed by atoms with Crippen molar-refractivity contribution in [2.24, 2.45) is 0 Å². The van der Waals surface area contributed by atoms with Crippen molar-refractivity contribution in [2.75, 3.05) is 11.9 Å². The van der Waals surface area contributed by atoms with Gasteiger partial charge in [0.25, 0.3) is 5.91 Å². The van der Waals surface area contributed by atoms with Crippen LogP contribution < -0.4 is 5.32 Å². The maximum Gasteiger partial charge on any atom is 0.330 e. The highest BCUT2D eigenvalue weighted by Gasteiger charge is 2.07. The van der Waals surface area contributed by atoms with Crippen LogP contribution in [0.15, 0.2) is 36.4 Å². The van der Waals surface area contributed by atoms with E-state index >= 15 is 0 Å². The van der Waals surface area contributed by atoms with E-state index in [1.165, 1.54) is 13.0 Å². The van der Waals surface area contributed by atoms with E-state index in [4.69, 9.17) is 4.74 Å². The van der Waals surface area contributed by atoms with Gasteiger partial charge in [-0.25, -0.2) is 4.79 Å². The summed E-state index contributed by atoms with van der Waals surface area (Å²) < 4.78 is 4.75. The molecule has 5 nitrogen and oxygen atoms in total. The van der Waals surface area contributed by atoms with Crippen molar-refractivity contribution >= 4 is 23.3 Å². The molecule has 0 unspecified atom stereocenters. The average molecular weight is 275 g/mol. The normalized spacial score (nSPS) is 10.3. The number of carbonyl (C=O) groups is 3. The van der Waals surface area contributed by atoms with Gasteiger partial charge in [-0.2, -0.15) is 0 Å². The molecular weight excluding hydrogens is 258 g/mol. The smallest absolute Gasteiger partial charge is 0.330 e. The minimum atomic E-state index is -0.556. The second-order valence-corrected chi connectivity index (χ2v) is 4.10. The fourth-order valence-corrected chi connectivity index (χ4v) is 1.41. The summed E-state index contributed by atoms with van der Waals surface area (Å²) in [7, 11) is 0. The lowest BCUT2D eigenvalue weighted by atomic mass is 10.1. The molecule has 0 fully saturated rings. The molecule has 0 aromatic heterocycles. The third-order valence-electron chi connectivity index (χ3n) is 2.39. The average Bonchev–Trinajstić information content (AvgIpc) is 2.43. The van der Waals surface area contributed by atoms with Gasteiger partial charge in [-0.3, -0.25) is 9.59 Å². The molecule has 5 heteroatoms. The molecule has 0 spiro atoms. The van der Waals surface area contributed by atoms with Crippen LogP contribution in [-0.4, -0.2) is 24.3 Å². The molecule has 0 atom stereocenters. The van der Waals surface area contributed by atoms with Crippen LogP contribution in [0.4, 0.5) is 5.69 Å².